The van der Waals surface area contributed by atoms with Crippen molar-refractivity contribution in [2.24, 2.45) is 0 Å². The molecule has 0 spiro atoms. The highest BCUT2D eigenvalue weighted by atomic mass is 32.1. The number of fused-ring (bicyclic) bond motifs is 1. The van der Waals surface area contributed by atoms with Crippen LogP contribution in [0.2, 0.25) is 0 Å². The van der Waals surface area contributed by atoms with Crippen LogP contribution in [0.3, 0.4) is 0 Å². The summed E-state index contributed by atoms with van der Waals surface area (Å²) in [5.41, 5.74) is 0.858. The SMILES string of the molecule is CC(C)(C)NCc1c(C(=O)O)sc2ccccc12. The average molecular weight is 263 g/mol. The monoisotopic (exact) mass is 263 g/mol. The molecule has 0 aliphatic carbocycles. The van der Waals surface area contributed by atoms with Gasteiger partial charge in [0.15, 0.2) is 0 Å². The number of carboxylic acid groups (broad SMARTS) is 1. The van der Waals surface area contributed by atoms with E-state index in [4.69, 9.17) is 0 Å². The quantitative estimate of drug-likeness (QED) is 0.891. The molecular formula is C14H17NO2S. The summed E-state index contributed by atoms with van der Waals surface area (Å²) < 4.78 is 1.03. The molecule has 0 aliphatic rings. The van der Waals surface area contributed by atoms with Crippen molar-refractivity contribution in [1.82, 2.24) is 5.32 Å². The zero-order chi connectivity index (χ0) is 13.3. The predicted octanol–water partition coefficient (Wildman–Crippen LogP) is 3.49. The van der Waals surface area contributed by atoms with E-state index in [-0.39, 0.29) is 5.54 Å². The van der Waals surface area contributed by atoms with Crippen LogP contribution < -0.4 is 5.32 Å². The molecule has 4 heteroatoms. The van der Waals surface area contributed by atoms with Gasteiger partial charge in [-0.1, -0.05) is 18.2 Å². The minimum Gasteiger partial charge on any atom is -0.477 e. The third kappa shape index (κ3) is 2.71. The van der Waals surface area contributed by atoms with E-state index in [2.05, 4.69) is 26.1 Å². The molecule has 0 radical (unpaired) electrons. The molecule has 2 N–H and O–H groups in total. The minimum atomic E-state index is -0.845. The van der Waals surface area contributed by atoms with Crippen LogP contribution >= 0.6 is 11.3 Å². The predicted molar refractivity (Wildman–Crippen MR) is 75.4 cm³/mol. The maximum Gasteiger partial charge on any atom is 0.346 e. The van der Waals surface area contributed by atoms with Gasteiger partial charge in [-0.25, -0.2) is 4.79 Å². The van der Waals surface area contributed by atoms with E-state index >= 15 is 0 Å². The molecule has 0 amide bonds. The Balaban J connectivity index is 2.45. The first-order chi connectivity index (χ1) is 8.38. The summed E-state index contributed by atoms with van der Waals surface area (Å²) in [6.45, 7) is 6.79. The molecule has 0 fully saturated rings. The molecule has 2 aromatic rings. The number of rotatable bonds is 3. The zero-order valence-electron chi connectivity index (χ0n) is 10.8. The number of hydrogen-bond acceptors (Lipinski definition) is 3. The number of carboxylic acids is 1. The van der Waals surface area contributed by atoms with E-state index in [9.17, 15) is 9.90 Å². The van der Waals surface area contributed by atoms with Crippen LogP contribution in [-0.2, 0) is 6.54 Å². The fourth-order valence-electron chi connectivity index (χ4n) is 1.80. The zero-order valence-corrected chi connectivity index (χ0v) is 11.6. The van der Waals surface area contributed by atoms with Crippen molar-refractivity contribution in [3.8, 4) is 0 Å². The molecule has 18 heavy (non-hydrogen) atoms. The number of carbonyl (C=O) groups is 1. The van der Waals surface area contributed by atoms with Crippen molar-refractivity contribution >= 4 is 27.4 Å². The number of nitrogens with one attached hydrogen (secondary N) is 1. The molecule has 96 valence electrons. The molecule has 0 saturated heterocycles. The lowest BCUT2D eigenvalue weighted by molar-refractivity contribution is 0.0701. The van der Waals surface area contributed by atoms with Crippen LogP contribution in [0.5, 0.6) is 0 Å². The van der Waals surface area contributed by atoms with Gasteiger partial charge in [0, 0.05) is 16.8 Å². The molecule has 0 unspecified atom stereocenters. The van der Waals surface area contributed by atoms with Crippen molar-refractivity contribution in [2.45, 2.75) is 32.9 Å². The first-order valence-corrected chi connectivity index (χ1v) is 6.69. The average Bonchev–Trinajstić information content (AvgIpc) is 2.64. The highest BCUT2D eigenvalue weighted by Crippen LogP contribution is 2.31. The van der Waals surface area contributed by atoms with E-state index in [1.807, 2.05) is 24.3 Å². The summed E-state index contributed by atoms with van der Waals surface area (Å²) in [6, 6.07) is 7.83. The van der Waals surface area contributed by atoms with Crippen molar-refractivity contribution in [3.63, 3.8) is 0 Å². The van der Waals surface area contributed by atoms with Crippen molar-refractivity contribution in [3.05, 3.63) is 34.7 Å². The second-order valence-corrected chi connectivity index (χ2v) is 6.37. The van der Waals surface area contributed by atoms with Crippen LogP contribution in [0, 0.1) is 0 Å². The Bertz CT molecular complexity index is 581. The van der Waals surface area contributed by atoms with Crippen molar-refractivity contribution < 1.29 is 9.90 Å². The summed E-state index contributed by atoms with van der Waals surface area (Å²) in [5, 5.41) is 13.7. The van der Waals surface area contributed by atoms with E-state index in [1.165, 1.54) is 11.3 Å². The third-order valence-electron chi connectivity index (χ3n) is 2.69. The summed E-state index contributed by atoms with van der Waals surface area (Å²) in [6.07, 6.45) is 0. The molecule has 1 heterocycles. The van der Waals surface area contributed by atoms with Gasteiger partial charge >= 0.3 is 5.97 Å². The second kappa shape index (κ2) is 4.71. The first kappa shape index (κ1) is 13.1. The number of hydrogen-bond donors (Lipinski definition) is 2. The lowest BCUT2D eigenvalue weighted by atomic mass is 10.1. The molecule has 0 atom stereocenters. The Kier molecular flexibility index (Phi) is 3.41. The summed E-state index contributed by atoms with van der Waals surface area (Å²) in [5.74, 6) is -0.845. The van der Waals surface area contributed by atoms with E-state index in [1.54, 1.807) is 0 Å². The van der Waals surface area contributed by atoms with Gasteiger partial charge in [0.1, 0.15) is 4.88 Å². The minimum absolute atomic E-state index is 0.0290. The highest BCUT2D eigenvalue weighted by Gasteiger charge is 2.19. The fourth-order valence-corrected chi connectivity index (χ4v) is 2.86. The normalized spacial score (nSPS) is 11.9. The molecule has 2 rings (SSSR count). The molecule has 3 nitrogen and oxygen atoms in total. The summed E-state index contributed by atoms with van der Waals surface area (Å²) >= 11 is 1.34. The lowest BCUT2D eigenvalue weighted by Crippen LogP contribution is -2.35. The molecule has 1 aromatic carbocycles. The molecule has 0 bridgehead atoms. The number of aromatic carboxylic acids is 1. The third-order valence-corrected chi connectivity index (χ3v) is 3.89. The van der Waals surface area contributed by atoms with Gasteiger partial charge in [-0.15, -0.1) is 11.3 Å². The largest absolute Gasteiger partial charge is 0.477 e. The van der Waals surface area contributed by atoms with Gasteiger partial charge in [-0.3, -0.25) is 0 Å². The Hall–Kier alpha value is -1.39. The van der Waals surface area contributed by atoms with E-state index in [0.29, 0.717) is 11.4 Å². The fraction of sp³-hybridized carbons (Fsp3) is 0.357. The van der Waals surface area contributed by atoms with E-state index < -0.39 is 5.97 Å². The standard InChI is InChI=1S/C14H17NO2S/c1-14(2,3)15-8-10-9-6-4-5-7-11(9)18-12(10)13(16)17/h4-7,15H,8H2,1-3H3,(H,16,17). The molecular weight excluding hydrogens is 246 g/mol. The van der Waals surface area contributed by atoms with E-state index in [0.717, 1.165) is 15.6 Å². The molecule has 0 aliphatic heterocycles. The Labute approximate surface area is 110 Å². The second-order valence-electron chi connectivity index (χ2n) is 5.31. The van der Waals surface area contributed by atoms with Crippen LogP contribution in [0.15, 0.2) is 24.3 Å². The maximum atomic E-state index is 11.3. The summed E-state index contributed by atoms with van der Waals surface area (Å²) in [7, 11) is 0. The molecule has 0 saturated carbocycles. The Morgan fingerprint density at radius 2 is 2.00 bits per heavy atom. The molecule has 1 aromatic heterocycles. The van der Waals surface area contributed by atoms with Crippen LogP contribution in [0.1, 0.15) is 36.0 Å². The Morgan fingerprint density at radius 1 is 1.33 bits per heavy atom. The summed E-state index contributed by atoms with van der Waals surface area (Å²) in [4.78, 5) is 11.7. The number of benzene rings is 1. The van der Waals surface area contributed by atoms with Crippen molar-refractivity contribution in [1.29, 1.82) is 0 Å². The van der Waals surface area contributed by atoms with Gasteiger partial charge in [0.2, 0.25) is 0 Å². The van der Waals surface area contributed by atoms with Gasteiger partial charge in [-0.2, -0.15) is 0 Å². The first-order valence-electron chi connectivity index (χ1n) is 5.87. The van der Waals surface area contributed by atoms with Gasteiger partial charge in [0.05, 0.1) is 0 Å². The van der Waals surface area contributed by atoms with Gasteiger partial charge in [0.25, 0.3) is 0 Å². The highest BCUT2D eigenvalue weighted by molar-refractivity contribution is 7.21. The van der Waals surface area contributed by atoms with Crippen LogP contribution in [0.25, 0.3) is 10.1 Å². The maximum absolute atomic E-state index is 11.3. The number of thiophene rings is 1. The lowest BCUT2D eigenvalue weighted by Gasteiger charge is -2.20. The van der Waals surface area contributed by atoms with Crippen molar-refractivity contribution in [2.75, 3.05) is 0 Å². The Morgan fingerprint density at radius 3 is 2.61 bits per heavy atom. The topological polar surface area (TPSA) is 49.3 Å². The van der Waals surface area contributed by atoms with Crippen LogP contribution in [-0.4, -0.2) is 16.6 Å². The smallest absolute Gasteiger partial charge is 0.346 e. The van der Waals surface area contributed by atoms with Gasteiger partial charge in [-0.05, 0) is 37.8 Å². The van der Waals surface area contributed by atoms with Gasteiger partial charge < -0.3 is 10.4 Å². The van der Waals surface area contributed by atoms with Crippen LogP contribution in [0.4, 0.5) is 0 Å².